The molecule has 334 valence electrons. The third-order valence-electron chi connectivity index (χ3n) is 9.02. The van der Waals surface area contributed by atoms with Gasteiger partial charge in [-0.2, -0.15) is 0 Å². The predicted octanol–water partition coefficient (Wildman–Crippen LogP) is 12.0. The van der Waals surface area contributed by atoms with Crippen molar-refractivity contribution in [3.63, 3.8) is 0 Å². The van der Waals surface area contributed by atoms with Gasteiger partial charge in [0, 0.05) is 56.5 Å². The number of fused-ring (bicyclic) bond motifs is 4. The molecule has 0 fully saturated rings. The van der Waals surface area contributed by atoms with E-state index >= 15 is 0 Å². The lowest BCUT2D eigenvalue weighted by Crippen LogP contribution is -2.40. The van der Waals surface area contributed by atoms with E-state index in [9.17, 15) is 21.6 Å². The summed E-state index contributed by atoms with van der Waals surface area (Å²) in [5.74, 6) is 0.206. The Morgan fingerprint density at radius 3 is 2.05 bits per heavy atom. The fourth-order valence-corrected chi connectivity index (χ4v) is 9.87. The molecule has 14 heteroatoms. The van der Waals surface area contributed by atoms with E-state index in [-0.39, 0.29) is 27.0 Å². The van der Waals surface area contributed by atoms with E-state index in [2.05, 4.69) is 63.8 Å². The molecule has 8 aromatic rings. The molecular weight excluding hydrogens is 853 g/mol. The average molecular weight is 911 g/mol. The van der Waals surface area contributed by atoms with Gasteiger partial charge in [0.15, 0.2) is 17.8 Å². The van der Waals surface area contributed by atoms with E-state index in [4.69, 9.17) is 8.83 Å². The summed E-state index contributed by atoms with van der Waals surface area (Å²) >= 11 is 1.68. The molecule has 0 aliphatic carbocycles. The quantitative estimate of drug-likeness (QED) is 0.148. The minimum atomic E-state index is -3.50. The number of hydrogen-bond acceptors (Lipinski definition) is 10. The Kier molecular flexibility index (Phi) is 15.2. The minimum Gasteiger partial charge on any atom is -0.464 e. The molecule has 0 saturated carbocycles. The second kappa shape index (κ2) is 19.6. The smallest absolute Gasteiger partial charge is 0.241 e. The van der Waals surface area contributed by atoms with Crippen molar-refractivity contribution in [3.8, 4) is 0 Å². The zero-order valence-electron chi connectivity index (χ0n) is 37.8. The number of pyridine rings is 1. The van der Waals surface area contributed by atoms with E-state index in [0.717, 1.165) is 39.2 Å². The highest BCUT2D eigenvalue weighted by Crippen LogP contribution is 2.27. The lowest BCUT2D eigenvalue weighted by atomic mass is 9.86. The number of rotatable bonds is 7. The normalized spacial score (nSPS) is 12.4. The van der Waals surface area contributed by atoms with Gasteiger partial charge in [-0.1, -0.05) is 65.8 Å². The molecule has 0 atom stereocenters. The summed E-state index contributed by atoms with van der Waals surface area (Å²) in [6, 6.07) is 27.6. The maximum atomic E-state index is 12.1. The summed E-state index contributed by atoms with van der Waals surface area (Å²) in [5, 5.41) is 5.95. The second-order valence-corrected chi connectivity index (χ2v) is 23.1. The summed E-state index contributed by atoms with van der Waals surface area (Å²) in [4.78, 5) is 20.6. The molecule has 0 unspecified atom stereocenters. The zero-order chi connectivity index (χ0) is 46.4. The molecule has 0 bridgehead atoms. The zero-order valence-corrected chi connectivity index (χ0v) is 40.3. The van der Waals surface area contributed by atoms with Gasteiger partial charge in [-0.15, -0.1) is 11.3 Å². The number of nitrogens with zero attached hydrogens (tertiary/aromatic N) is 2. The van der Waals surface area contributed by atoms with Gasteiger partial charge in [0.1, 0.15) is 11.1 Å². The number of Topliss-reactive ketones (excluding diaryl/α,β-unsaturated/α-hetero) is 1. The lowest BCUT2D eigenvalue weighted by molar-refractivity contribution is 0.0858. The first-order valence-corrected chi connectivity index (χ1v) is 24.4. The van der Waals surface area contributed by atoms with E-state index in [1.165, 1.54) is 34.4 Å². The van der Waals surface area contributed by atoms with Gasteiger partial charge in [-0.05, 0) is 129 Å². The van der Waals surface area contributed by atoms with Gasteiger partial charge < -0.3 is 8.83 Å². The monoisotopic (exact) mass is 910 g/mol. The van der Waals surface area contributed by atoms with E-state index in [1.807, 2.05) is 51.1 Å². The largest absolute Gasteiger partial charge is 0.464 e. The molecule has 63 heavy (non-hydrogen) atoms. The van der Waals surface area contributed by atoms with E-state index in [0.29, 0.717) is 11.0 Å². The number of ketones is 1. The number of benzene rings is 4. The Morgan fingerprint density at radius 2 is 1.38 bits per heavy atom. The molecule has 4 aromatic carbocycles. The van der Waals surface area contributed by atoms with Crippen LogP contribution in [0.1, 0.15) is 92.1 Å². The molecule has 0 radical (unpaired) electrons. The summed E-state index contributed by atoms with van der Waals surface area (Å²) < 4.78 is 64.8. The molecular formula is C49H58N4O7S3. The summed E-state index contributed by atoms with van der Waals surface area (Å²) in [6.07, 6.45) is 7.43. The Balaban J connectivity index is 0.000000159. The molecule has 8 rings (SSSR count). The number of aromatic nitrogens is 2. The number of nitrogens with one attached hydrogen (secondary N) is 2. The lowest BCUT2D eigenvalue weighted by Gasteiger charge is -2.20. The molecule has 4 heterocycles. The fourth-order valence-electron chi connectivity index (χ4n) is 6.32. The van der Waals surface area contributed by atoms with Crippen LogP contribution in [-0.4, -0.2) is 44.2 Å². The number of sulfonamides is 2. The molecule has 0 spiro atoms. The summed E-state index contributed by atoms with van der Waals surface area (Å²) in [6.45, 7) is 21.5. The van der Waals surface area contributed by atoms with Crippen LogP contribution in [0.4, 0.5) is 0 Å². The number of thiophene rings is 1. The molecule has 0 aliphatic rings. The molecule has 4 aromatic heterocycles. The first kappa shape index (κ1) is 48.8. The SMILES string of the molecule is CC(C)(C)C(=O)c1ccc2ccsc2c1.CC(C)(C)Cc1ccc2ncoc2c1.CC(C)(C)NS(=O)(=O)c1ccc2ccoc2c1.CC(C)NS(=O)(=O)c1ccc2ccncc2c1. The number of carbonyl (C=O) groups excluding carboxylic acids is 1. The van der Waals surface area contributed by atoms with Crippen molar-refractivity contribution < 1.29 is 30.5 Å². The molecule has 2 N–H and O–H groups in total. The number of furan rings is 1. The fraction of sp³-hybridized carbons (Fsp3) is 0.327. The Bertz CT molecular complexity index is 3040. The van der Waals surface area contributed by atoms with Crippen molar-refractivity contribution in [1.29, 1.82) is 0 Å². The molecule has 0 saturated heterocycles. The first-order valence-electron chi connectivity index (χ1n) is 20.5. The number of hydrogen-bond donors (Lipinski definition) is 2. The van der Waals surface area contributed by atoms with Crippen LogP contribution in [0.3, 0.4) is 0 Å². The first-order chi connectivity index (χ1) is 29.3. The van der Waals surface area contributed by atoms with Crippen molar-refractivity contribution in [2.45, 2.75) is 104 Å². The summed E-state index contributed by atoms with van der Waals surface area (Å²) in [5.41, 5.74) is 4.02. The minimum absolute atomic E-state index is 0.121. The van der Waals surface area contributed by atoms with Crippen LogP contribution in [-0.2, 0) is 26.5 Å². The third-order valence-corrected chi connectivity index (χ3v) is 13.3. The van der Waals surface area contributed by atoms with Gasteiger partial charge in [0.05, 0.1) is 16.1 Å². The molecule has 0 amide bonds. The highest BCUT2D eigenvalue weighted by molar-refractivity contribution is 7.89. The number of oxazole rings is 1. The Morgan fingerprint density at radius 1 is 0.698 bits per heavy atom. The van der Waals surface area contributed by atoms with Crippen molar-refractivity contribution in [2.24, 2.45) is 10.8 Å². The average Bonchev–Trinajstić information content (AvgIpc) is 3.96. The third kappa shape index (κ3) is 14.1. The maximum Gasteiger partial charge on any atom is 0.241 e. The van der Waals surface area contributed by atoms with Crippen LogP contribution in [0, 0.1) is 10.8 Å². The van der Waals surface area contributed by atoms with Crippen molar-refractivity contribution in [3.05, 3.63) is 133 Å². The van der Waals surface area contributed by atoms with Crippen molar-refractivity contribution in [1.82, 2.24) is 19.4 Å². The van der Waals surface area contributed by atoms with Gasteiger partial charge in [0.2, 0.25) is 20.0 Å². The van der Waals surface area contributed by atoms with Crippen LogP contribution in [0.15, 0.2) is 140 Å². The highest BCUT2D eigenvalue weighted by Gasteiger charge is 2.24. The van der Waals surface area contributed by atoms with E-state index < -0.39 is 25.6 Å². The van der Waals surface area contributed by atoms with E-state index in [1.54, 1.807) is 94.7 Å². The Labute approximate surface area is 375 Å². The van der Waals surface area contributed by atoms with Gasteiger partial charge in [-0.25, -0.2) is 31.3 Å². The van der Waals surface area contributed by atoms with Crippen LogP contribution in [0.5, 0.6) is 0 Å². The van der Waals surface area contributed by atoms with Gasteiger partial charge in [-0.3, -0.25) is 9.78 Å². The molecule has 0 aliphatic heterocycles. The molecule has 11 nitrogen and oxygen atoms in total. The maximum absolute atomic E-state index is 12.1. The van der Waals surface area contributed by atoms with Crippen LogP contribution in [0.2, 0.25) is 0 Å². The Hall–Kier alpha value is -5.25. The highest BCUT2D eigenvalue weighted by atomic mass is 32.2. The van der Waals surface area contributed by atoms with Crippen LogP contribution >= 0.6 is 11.3 Å². The predicted molar refractivity (Wildman–Crippen MR) is 256 cm³/mol. The second-order valence-electron chi connectivity index (χ2n) is 18.8. The van der Waals surface area contributed by atoms with Crippen LogP contribution in [0.25, 0.3) is 42.9 Å². The topological polar surface area (TPSA) is 161 Å². The standard InChI is InChI=1S/C13H14OS.C12H14N2O2S.C12H15NO3S.C12H15NO/c1-13(2,3)12(14)10-5-4-9-6-7-15-11(9)8-10;1-9(2)14-17(15,16)12-4-3-10-5-6-13-8-11(10)7-12;1-12(2,3)13-17(14,15)10-5-4-9-6-7-16-11(9)8-10;1-12(2,3)7-9-4-5-10-11(6-9)14-8-13-10/h4-8H,1-3H3;3-9,14H,1-2H3;4-8,13H,1-3H3;4-6,8H,7H2,1-3H3. The summed E-state index contributed by atoms with van der Waals surface area (Å²) in [7, 11) is -6.93. The van der Waals surface area contributed by atoms with Gasteiger partial charge in [0.25, 0.3) is 0 Å². The number of carbonyl (C=O) groups is 1. The van der Waals surface area contributed by atoms with Gasteiger partial charge >= 0.3 is 0 Å². The van der Waals surface area contributed by atoms with Crippen LogP contribution < -0.4 is 9.44 Å². The van der Waals surface area contributed by atoms with Crippen molar-refractivity contribution in [2.75, 3.05) is 0 Å². The van der Waals surface area contributed by atoms with Crippen molar-refractivity contribution >= 4 is 80.1 Å².